The molecular weight excluding hydrogens is 508 g/mol. The van der Waals surface area contributed by atoms with Crippen LogP contribution in [-0.4, -0.2) is 9.55 Å². The maximum Gasteiger partial charge on any atom is 0.111 e. The largest absolute Gasteiger partial charge is 0.296 e. The summed E-state index contributed by atoms with van der Waals surface area (Å²) < 4.78 is 179. The highest BCUT2D eigenvalue weighted by Crippen LogP contribution is 2.45. The molecule has 0 N–H and O–H groups in total. The van der Waals surface area contributed by atoms with Gasteiger partial charge in [0, 0.05) is 9.68 Å². The van der Waals surface area contributed by atoms with E-state index in [0.717, 1.165) is 0 Å². The SMILES string of the molecule is [2H]c1c([2H])c([2H])c(-c2c3c([2H])c([2H])c([2H])c([2H])c3c(-c3c([2H])c([2H])c([2H])c([2H])c3[2H])c3c([2H])c(-c4ccccc4-n4c(C([2H])([2H])[2H])nc5ccccc54)c([2H])c([2H])c23)c([2H])c1[2H]. The second-order valence-corrected chi connectivity index (χ2v) is 9.28. The second kappa shape index (κ2) is 9.87. The van der Waals surface area contributed by atoms with Gasteiger partial charge >= 0.3 is 0 Å². The molecule has 0 bridgehead atoms. The Morgan fingerprint density at radius 3 is 1.88 bits per heavy atom. The van der Waals surface area contributed by atoms with Crippen molar-refractivity contribution < 1.29 is 27.4 Å². The fourth-order valence-corrected chi connectivity index (χ4v) is 5.25. The Hall–Kier alpha value is -5.47. The number of nitrogens with zero attached hydrogens (tertiary/aromatic N) is 2. The fourth-order valence-electron chi connectivity index (χ4n) is 5.25. The first-order valence-electron chi connectivity index (χ1n) is 22.8. The number of hydrogen-bond donors (Lipinski definition) is 0. The number of fused-ring (bicyclic) bond motifs is 3. The van der Waals surface area contributed by atoms with E-state index >= 15 is 0 Å². The Morgan fingerprint density at radius 2 is 1.17 bits per heavy atom. The molecule has 1 aromatic heterocycles. The third-order valence-corrected chi connectivity index (χ3v) is 6.98. The average molecular weight is 557 g/mol. The maximum absolute atomic E-state index is 10.1. The lowest BCUT2D eigenvalue weighted by molar-refractivity contribution is 1.00. The number of imidazole rings is 1. The summed E-state index contributed by atoms with van der Waals surface area (Å²) in [5.74, 6) is -0.388. The number of aryl methyl sites for hydroxylation is 1. The lowest BCUT2D eigenvalue weighted by atomic mass is 9.85. The third kappa shape index (κ3) is 3.84. The third-order valence-electron chi connectivity index (χ3n) is 6.98. The maximum atomic E-state index is 10.1. The van der Waals surface area contributed by atoms with Gasteiger partial charge in [-0.1, -0.05) is 127 Å². The zero-order valence-electron chi connectivity index (χ0n) is 41.5. The number of benzene rings is 7. The van der Waals surface area contributed by atoms with Crippen molar-refractivity contribution in [2.75, 3.05) is 0 Å². The minimum Gasteiger partial charge on any atom is -0.296 e. The van der Waals surface area contributed by atoms with Crippen LogP contribution in [0.15, 0.2) is 151 Å². The lowest BCUT2D eigenvalue weighted by Crippen LogP contribution is -1.99. The quantitative estimate of drug-likeness (QED) is 0.197. The van der Waals surface area contributed by atoms with Crippen LogP contribution in [0, 0.1) is 6.85 Å². The van der Waals surface area contributed by atoms with E-state index in [1.807, 2.05) is 0 Å². The van der Waals surface area contributed by atoms with Gasteiger partial charge < -0.3 is 0 Å². The van der Waals surface area contributed by atoms with Crippen molar-refractivity contribution in [3.05, 3.63) is 157 Å². The minimum atomic E-state index is -2.81. The molecule has 198 valence electrons. The van der Waals surface area contributed by atoms with Crippen LogP contribution in [0.2, 0.25) is 0 Å². The molecule has 0 atom stereocenters. The summed E-state index contributed by atoms with van der Waals surface area (Å²) in [6, 6.07) is -1.68. The first kappa shape index (κ1) is 11.4. The average Bonchev–Trinajstić information content (AvgIpc) is 3.65. The molecule has 8 rings (SSSR count). The van der Waals surface area contributed by atoms with Crippen molar-refractivity contribution in [3.63, 3.8) is 0 Å². The molecule has 0 fully saturated rings. The summed E-state index contributed by atoms with van der Waals surface area (Å²) in [5.41, 5.74) is -2.12. The van der Waals surface area contributed by atoms with Gasteiger partial charge in [-0.25, -0.2) is 4.98 Å². The standard InChI is InChI=1S/C40H28N2/c1-27-41-36-21-11-13-23-38(36)42(27)37-22-12-10-18-31(37)30-24-25-34-35(26-30)40(29-16-6-3-7-17-29)33-20-9-8-19-32(33)39(34)28-14-4-2-5-15-28/h2-26H,1H3/i1D3,2D,3D,4D,5D,6D,7D,8D,9D,14D,15D,16D,17D,19D,20D,24D,25D,26D. The molecule has 0 aliphatic heterocycles. The molecule has 0 radical (unpaired) electrons. The number of aromatic nitrogens is 2. The molecule has 0 saturated heterocycles. The van der Waals surface area contributed by atoms with Gasteiger partial charge in [0.05, 0.1) is 40.0 Å². The first-order valence-corrected chi connectivity index (χ1v) is 12.8. The van der Waals surface area contributed by atoms with Gasteiger partial charge in [0.2, 0.25) is 0 Å². The van der Waals surface area contributed by atoms with Gasteiger partial charge in [-0.3, -0.25) is 4.57 Å². The Labute approximate surface area is 273 Å². The lowest BCUT2D eigenvalue weighted by Gasteiger charge is -2.19. The van der Waals surface area contributed by atoms with E-state index < -0.39 is 153 Å². The Balaban J connectivity index is 1.73. The topological polar surface area (TPSA) is 17.8 Å². The van der Waals surface area contributed by atoms with E-state index in [0.29, 0.717) is 5.52 Å². The van der Waals surface area contributed by atoms with Crippen LogP contribution in [0.5, 0.6) is 0 Å². The van der Waals surface area contributed by atoms with Crippen molar-refractivity contribution in [1.29, 1.82) is 0 Å². The first-order chi connectivity index (χ1) is 29.1. The van der Waals surface area contributed by atoms with Crippen LogP contribution >= 0.6 is 0 Å². The summed E-state index contributed by atoms with van der Waals surface area (Å²) in [6.07, 6.45) is 0. The van der Waals surface area contributed by atoms with Crippen LogP contribution in [0.25, 0.3) is 71.6 Å². The summed E-state index contributed by atoms with van der Waals surface area (Å²) in [5, 5.41) is -2.23. The molecule has 0 aliphatic rings. The highest BCUT2D eigenvalue weighted by atomic mass is 15.1. The van der Waals surface area contributed by atoms with Crippen LogP contribution in [0.1, 0.15) is 33.2 Å². The predicted molar refractivity (Wildman–Crippen MR) is 177 cm³/mol. The molecular formula is C40H28N2. The number of para-hydroxylation sites is 3. The van der Waals surface area contributed by atoms with Crippen LogP contribution in [0.3, 0.4) is 0 Å². The van der Waals surface area contributed by atoms with Gasteiger partial charge in [0.25, 0.3) is 0 Å². The molecule has 7 aromatic carbocycles. The molecule has 0 aliphatic carbocycles. The number of rotatable bonds is 4. The van der Waals surface area contributed by atoms with E-state index in [1.165, 1.54) is 22.8 Å². The molecule has 0 saturated carbocycles. The van der Waals surface area contributed by atoms with E-state index in [-0.39, 0.29) is 28.2 Å². The predicted octanol–water partition coefficient (Wildman–Crippen LogP) is 10.6. The van der Waals surface area contributed by atoms with Crippen molar-refractivity contribution in [2.45, 2.75) is 6.85 Å². The highest BCUT2D eigenvalue weighted by molar-refractivity contribution is 6.22. The zero-order chi connectivity index (χ0) is 45.3. The second-order valence-electron chi connectivity index (χ2n) is 9.28. The van der Waals surface area contributed by atoms with Crippen LogP contribution in [-0.2, 0) is 0 Å². The molecule has 0 unspecified atom stereocenters. The molecule has 2 nitrogen and oxygen atoms in total. The van der Waals surface area contributed by atoms with E-state index in [2.05, 4.69) is 4.98 Å². The molecule has 42 heavy (non-hydrogen) atoms. The van der Waals surface area contributed by atoms with Gasteiger partial charge in [0.1, 0.15) is 5.82 Å². The van der Waals surface area contributed by atoms with E-state index in [4.69, 9.17) is 20.6 Å². The van der Waals surface area contributed by atoms with Crippen LogP contribution in [0.4, 0.5) is 0 Å². The summed E-state index contributed by atoms with van der Waals surface area (Å²) in [4.78, 5) is 4.38. The molecule has 1 heterocycles. The van der Waals surface area contributed by atoms with Crippen molar-refractivity contribution >= 4 is 32.6 Å². The van der Waals surface area contributed by atoms with Gasteiger partial charge in [-0.05, 0) is 80.5 Å². The summed E-state index contributed by atoms with van der Waals surface area (Å²) >= 11 is 0. The Bertz CT molecular complexity index is 3260. The van der Waals surface area contributed by atoms with E-state index in [1.54, 1.807) is 30.3 Å². The van der Waals surface area contributed by atoms with Crippen molar-refractivity contribution in [1.82, 2.24) is 9.55 Å². The Kier molecular flexibility index (Phi) is 2.68. The zero-order valence-corrected chi connectivity index (χ0v) is 21.5. The smallest absolute Gasteiger partial charge is 0.111 e. The normalized spacial score (nSPS) is 18.5. The van der Waals surface area contributed by atoms with Gasteiger partial charge in [0.15, 0.2) is 0 Å². The molecule has 2 heteroatoms. The van der Waals surface area contributed by atoms with E-state index in [9.17, 15) is 6.85 Å². The van der Waals surface area contributed by atoms with Crippen molar-refractivity contribution in [3.8, 4) is 39.1 Å². The monoisotopic (exact) mass is 556 g/mol. The van der Waals surface area contributed by atoms with Gasteiger partial charge in [-0.2, -0.15) is 0 Å². The number of hydrogen-bond acceptors (Lipinski definition) is 1. The van der Waals surface area contributed by atoms with Crippen molar-refractivity contribution in [2.24, 2.45) is 0 Å². The van der Waals surface area contributed by atoms with Gasteiger partial charge in [-0.15, -0.1) is 0 Å². The fraction of sp³-hybridized carbons (Fsp3) is 0.0250. The molecule has 0 spiro atoms. The minimum absolute atomic E-state index is 0.0158. The molecule has 0 amide bonds. The Morgan fingerprint density at radius 1 is 0.571 bits per heavy atom. The summed E-state index contributed by atoms with van der Waals surface area (Å²) in [6.45, 7) is -2.81. The highest BCUT2D eigenvalue weighted by Gasteiger charge is 2.19. The molecule has 8 aromatic rings. The van der Waals surface area contributed by atoms with Crippen LogP contribution < -0.4 is 0 Å². The summed E-state index contributed by atoms with van der Waals surface area (Å²) in [7, 11) is 0.